The molecule has 10 heteroatoms. The summed E-state index contributed by atoms with van der Waals surface area (Å²) in [5.74, 6) is -0.664. The van der Waals surface area contributed by atoms with E-state index in [1.165, 1.54) is 18.2 Å². The summed E-state index contributed by atoms with van der Waals surface area (Å²) in [4.78, 5) is 44.3. The summed E-state index contributed by atoms with van der Waals surface area (Å²) in [6.07, 6.45) is 1.73. The van der Waals surface area contributed by atoms with Gasteiger partial charge in [0.15, 0.2) is 6.61 Å². The van der Waals surface area contributed by atoms with Crippen LogP contribution in [0.15, 0.2) is 42.6 Å². The molecule has 1 fully saturated rings. The van der Waals surface area contributed by atoms with Gasteiger partial charge in [-0.2, -0.15) is 0 Å². The lowest BCUT2D eigenvalue weighted by Gasteiger charge is -2.35. The van der Waals surface area contributed by atoms with Crippen molar-refractivity contribution in [3.63, 3.8) is 0 Å². The minimum Gasteiger partial charge on any atom is -0.454 e. The molecule has 0 saturated carbocycles. The standard InChI is InChI=1S/C20H20Cl2N4O4/c21-14-4-5-15(16(22)11-14)20(29)24-12-19(28)30-13-18(27)26-9-7-25(8-10-26)17-3-1-2-6-23-17/h1-6,11H,7-10,12-13H2,(H,24,29). The average Bonchev–Trinajstić information content (AvgIpc) is 2.76. The van der Waals surface area contributed by atoms with Crippen LogP contribution in [-0.4, -0.2) is 67.0 Å². The minimum absolute atomic E-state index is 0.174. The third-order valence-electron chi connectivity index (χ3n) is 4.53. The number of hydrogen-bond acceptors (Lipinski definition) is 6. The Balaban J connectivity index is 1.38. The first-order chi connectivity index (χ1) is 14.4. The number of hydrogen-bond donors (Lipinski definition) is 1. The Bertz CT molecular complexity index is 918. The number of ether oxygens (including phenoxy) is 1. The zero-order valence-electron chi connectivity index (χ0n) is 16.0. The molecule has 8 nitrogen and oxygen atoms in total. The maximum absolute atomic E-state index is 12.3. The number of pyridine rings is 1. The van der Waals surface area contributed by atoms with E-state index in [4.69, 9.17) is 27.9 Å². The molecule has 1 aromatic heterocycles. The van der Waals surface area contributed by atoms with Crippen molar-refractivity contribution in [3.8, 4) is 0 Å². The summed E-state index contributed by atoms with van der Waals surface area (Å²) in [6, 6.07) is 10.1. The van der Waals surface area contributed by atoms with Crippen LogP contribution in [0.3, 0.4) is 0 Å². The minimum atomic E-state index is -0.714. The van der Waals surface area contributed by atoms with E-state index in [0.717, 1.165) is 5.82 Å². The molecule has 1 aliphatic rings. The smallest absolute Gasteiger partial charge is 0.325 e. The number of benzene rings is 1. The third kappa shape index (κ3) is 5.84. The number of anilines is 1. The van der Waals surface area contributed by atoms with Gasteiger partial charge in [-0.05, 0) is 30.3 Å². The topological polar surface area (TPSA) is 91.8 Å². The van der Waals surface area contributed by atoms with Crippen molar-refractivity contribution in [3.05, 3.63) is 58.2 Å². The molecule has 0 radical (unpaired) electrons. The average molecular weight is 451 g/mol. The number of piperazine rings is 1. The Morgan fingerprint density at radius 3 is 2.50 bits per heavy atom. The molecule has 0 bridgehead atoms. The fourth-order valence-electron chi connectivity index (χ4n) is 2.93. The molecule has 0 unspecified atom stereocenters. The number of carbonyl (C=O) groups is 3. The summed E-state index contributed by atoms with van der Waals surface area (Å²) < 4.78 is 4.98. The molecule has 158 valence electrons. The highest BCUT2D eigenvalue weighted by Gasteiger charge is 2.22. The highest BCUT2D eigenvalue weighted by Crippen LogP contribution is 2.20. The van der Waals surface area contributed by atoms with Crippen LogP contribution in [0.4, 0.5) is 5.82 Å². The lowest BCUT2D eigenvalue weighted by molar-refractivity contribution is -0.151. The van der Waals surface area contributed by atoms with Gasteiger partial charge >= 0.3 is 5.97 Å². The second-order valence-corrected chi connectivity index (χ2v) is 7.37. The van der Waals surface area contributed by atoms with Crippen molar-refractivity contribution in [2.24, 2.45) is 0 Å². The van der Waals surface area contributed by atoms with Crippen molar-refractivity contribution in [2.75, 3.05) is 44.2 Å². The second-order valence-electron chi connectivity index (χ2n) is 6.52. The van der Waals surface area contributed by atoms with Crippen molar-refractivity contribution in [1.29, 1.82) is 0 Å². The summed E-state index contributed by atoms with van der Waals surface area (Å²) >= 11 is 11.8. The molecule has 0 atom stereocenters. The molecule has 3 rings (SSSR count). The van der Waals surface area contributed by atoms with Crippen molar-refractivity contribution in [2.45, 2.75) is 0 Å². The lowest BCUT2D eigenvalue weighted by Crippen LogP contribution is -2.50. The Kier molecular flexibility index (Phi) is 7.48. The van der Waals surface area contributed by atoms with Gasteiger partial charge in [0.25, 0.3) is 11.8 Å². The molecule has 1 saturated heterocycles. The lowest BCUT2D eigenvalue weighted by atomic mass is 10.2. The number of carbonyl (C=O) groups excluding carboxylic acids is 3. The predicted molar refractivity (Wildman–Crippen MR) is 113 cm³/mol. The van der Waals surface area contributed by atoms with E-state index < -0.39 is 11.9 Å². The number of esters is 1. The molecule has 0 spiro atoms. The molecular weight excluding hydrogens is 431 g/mol. The van der Waals surface area contributed by atoms with Crippen LogP contribution in [0.5, 0.6) is 0 Å². The van der Waals surface area contributed by atoms with Crippen molar-refractivity contribution in [1.82, 2.24) is 15.2 Å². The van der Waals surface area contributed by atoms with Crippen LogP contribution in [0.1, 0.15) is 10.4 Å². The SMILES string of the molecule is O=C(CNC(=O)c1ccc(Cl)cc1Cl)OCC(=O)N1CCN(c2ccccn2)CC1. The predicted octanol–water partition coefficient (Wildman–Crippen LogP) is 2.01. The van der Waals surface area contributed by atoms with Crippen LogP contribution in [0.2, 0.25) is 10.0 Å². The number of rotatable bonds is 6. The molecule has 1 aromatic carbocycles. The normalized spacial score (nSPS) is 13.7. The van der Waals surface area contributed by atoms with Gasteiger partial charge in [-0.15, -0.1) is 0 Å². The monoisotopic (exact) mass is 450 g/mol. The van der Waals surface area contributed by atoms with Crippen molar-refractivity contribution < 1.29 is 19.1 Å². The quantitative estimate of drug-likeness (QED) is 0.676. The molecule has 2 aromatic rings. The number of aromatic nitrogens is 1. The first-order valence-electron chi connectivity index (χ1n) is 9.26. The summed E-state index contributed by atoms with van der Waals surface area (Å²) in [5, 5.41) is 2.98. The van der Waals surface area contributed by atoms with Crippen LogP contribution < -0.4 is 10.2 Å². The number of nitrogens with one attached hydrogen (secondary N) is 1. The molecule has 30 heavy (non-hydrogen) atoms. The van der Waals surface area contributed by atoms with Gasteiger partial charge in [-0.25, -0.2) is 4.98 Å². The van der Waals surface area contributed by atoms with Gasteiger partial charge in [0.2, 0.25) is 0 Å². The Labute approximate surface area is 183 Å². The summed E-state index contributed by atoms with van der Waals surface area (Å²) in [7, 11) is 0. The molecule has 0 aliphatic carbocycles. The molecule has 1 N–H and O–H groups in total. The van der Waals surface area contributed by atoms with E-state index in [9.17, 15) is 14.4 Å². The van der Waals surface area contributed by atoms with Gasteiger partial charge in [0.1, 0.15) is 12.4 Å². The van der Waals surface area contributed by atoms with Crippen LogP contribution in [0, 0.1) is 0 Å². The molecular formula is C20H20Cl2N4O4. The zero-order valence-corrected chi connectivity index (χ0v) is 17.5. The number of halogens is 2. The maximum Gasteiger partial charge on any atom is 0.325 e. The first-order valence-corrected chi connectivity index (χ1v) is 10.0. The van der Waals surface area contributed by atoms with E-state index in [0.29, 0.717) is 31.2 Å². The molecule has 2 heterocycles. The Morgan fingerprint density at radius 1 is 1.07 bits per heavy atom. The van der Waals surface area contributed by atoms with Gasteiger partial charge in [-0.1, -0.05) is 29.3 Å². The third-order valence-corrected chi connectivity index (χ3v) is 5.08. The van der Waals surface area contributed by atoms with E-state index >= 15 is 0 Å². The first kappa shape index (κ1) is 21.9. The van der Waals surface area contributed by atoms with Crippen LogP contribution in [0.25, 0.3) is 0 Å². The van der Waals surface area contributed by atoms with E-state index in [1.54, 1.807) is 11.1 Å². The van der Waals surface area contributed by atoms with Gasteiger partial charge in [-0.3, -0.25) is 14.4 Å². The zero-order chi connectivity index (χ0) is 21.5. The van der Waals surface area contributed by atoms with E-state index in [1.807, 2.05) is 18.2 Å². The second kappa shape index (κ2) is 10.3. The summed E-state index contributed by atoms with van der Waals surface area (Å²) in [6.45, 7) is 1.57. The number of amides is 2. The van der Waals surface area contributed by atoms with Crippen LogP contribution >= 0.6 is 23.2 Å². The largest absolute Gasteiger partial charge is 0.454 e. The van der Waals surface area contributed by atoms with Gasteiger partial charge in [0, 0.05) is 37.4 Å². The molecule has 1 aliphatic heterocycles. The van der Waals surface area contributed by atoms with E-state index in [-0.39, 0.29) is 29.6 Å². The van der Waals surface area contributed by atoms with E-state index in [2.05, 4.69) is 15.2 Å². The molecule has 2 amide bonds. The number of nitrogens with zero attached hydrogens (tertiary/aromatic N) is 3. The van der Waals surface area contributed by atoms with Crippen molar-refractivity contribution >= 4 is 46.8 Å². The Morgan fingerprint density at radius 2 is 1.83 bits per heavy atom. The maximum atomic E-state index is 12.3. The Hall–Kier alpha value is -2.84. The van der Waals surface area contributed by atoms with Gasteiger partial charge in [0.05, 0.1) is 10.6 Å². The fourth-order valence-corrected chi connectivity index (χ4v) is 3.43. The van der Waals surface area contributed by atoms with Gasteiger partial charge < -0.3 is 19.9 Å². The highest BCUT2D eigenvalue weighted by atomic mass is 35.5. The summed E-state index contributed by atoms with van der Waals surface area (Å²) in [5.41, 5.74) is 0.190. The fraction of sp³-hybridized carbons (Fsp3) is 0.300. The van der Waals surface area contributed by atoms with Crippen LogP contribution in [-0.2, 0) is 14.3 Å². The highest BCUT2D eigenvalue weighted by molar-refractivity contribution is 6.36.